The highest BCUT2D eigenvalue weighted by molar-refractivity contribution is 7.91. The number of sulfone groups is 1. The summed E-state index contributed by atoms with van der Waals surface area (Å²) in [5.41, 5.74) is 1.29. The van der Waals surface area contributed by atoms with Gasteiger partial charge in [0.1, 0.15) is 0 Å². The summed E-state index contributed by atoms with van der Waals surface area (Å²) < 4.78 is 25.5. The van der Waals surface area contributed by atoms with Crippen molar-refractivity contribution >= 4 is 15.8 Å². The first-order chi connectivity index (χ1) is 9.77. The van der Waals surface area contributed by atoms with E-state index in [0.29, 0.717) is 12.0 Å². The van der Waals surface area contributed by atoms with Crippen molar-refractivity contribution in [1.29, 1.82) is 0 Å². The number of rotatable bonds is 6. The minimum atomic E-state index is -3.43. The SMILES string of the molecule is CCc1c(C(=O)O)ccc(C(C)C)c1S(=O)(=O)CC1CC1. The number of aromatic carboxylic acids is 1. The predicted molar refractivity (Wildman–Crippen MR) is 81.6 cm³/mol. The van der Waals surface area contributed by atoms with Gasteiger partial charge in [0.25, 0.3) is 0 Å². The fraction of sp³-hybridized carbons (Fsp3) is 0.562. The molecule has 0 saturated heterocycles. The molecule has 1 aliphatic rings. The smallest absolute Gasteiger partial charge is 0.336 e. The first-order valence-electron chi connectivity index (χ1n) is 7.39. The minimum Gasteiger partial charge on any atom is -0.478 e. The molecule has 4 nitrogen and oxygen atoms in total. The van der Waals surface area contributed by atoms with Crippen LogP contribution in [0.4, 0.5) is 0 Å². The molecule has 1 fully saturated rings. The van der Waals surface area contributed by atoms with Gasteiger partial charge < -0.3 is 5.11 Å². The van der Waals surface area contributed by atoms with E-state index in [9.17, 15) is 18.3 Å². The minimum absolute atomic E-state index is 0.0436. The molecular weight excluding hydrogens is 288 g/mol. The fourth-order valence-electron chi connectivity index (χ4n) is 2.70. The Labute approximate surface area is 126 Å². The third kappa shape index (κ3) is 3.28. The molecule has 21 heavy (non-hydrogen) atoms. The van der Waals surface area contributed by atoms with E-state index in [2.05, 4.69) is 0 Å². The molecule has 0 radical (unpaired) electrons. The number of hydrogen-bond acceptors (Lipinski definition) is 3. The van der Waals surface area contributed by atoms with E-state index in [4.69, 9.17) is 0 Å². The van der Waals surface area contributed by atoms with Crippen LogP contribution in [0.1, 0.15) is 61.0 Å². The maximum absolute atomic E-state index is 12.8. The van der Waals surface area contributed by atoms with Gasteiger partial charge in [-0.15, -0.1) is 0 Å². The molecule has 0 atom stereocenters. The van der Waals surface area contributed by atoms with E-state index in [1.807, 2.05) is 20.8 Å². The molecule has 0 aliphatic heterocycles. The Hall–Kier alpha value is -1.36. The Balaban J connectivity index is 2.68. The van der Waals surface area contributed by atoms with Crippen LogP contribution >= 0.6 is 0 Å². The molecule has 1 aromatic carbocycles. The average Bonchev–Trinajstić information content (AvgIpc) is 3.19. The van der Waals surface area contributed by atoms with Crippen LogP contribution in [0.5, 0.6) is 0 Å². The lowest BCUT2D eigenvalue weighted by Gasteiger charge is -2.19. The van der Waals surface area contributed by atoms with Crippen LogP contribution in [0.3, 0.4) is 0 Å². The van der Waals surface area contributed by atoms with E-state index in [1.165, 1.54) is 6.07 Å². The third-order valence-electron chi connectivity index (χ3n) is 3.96. The monoisotopic (exact) mass is 310 g/mol. The largest absolute Gasteiger partial charge is 0.478 e. The van der Waals surface area contributed by atoms with Crippen molar-refractivity contribution in [3.05, 3.63) is 28.8 Å². The summed E-state index contributed by atoms with van der Waals surface area (Å²) in [6.07, 6.45) is 2.31. The maximum Gasteiger partial charge on any atom is 0.336 e. The van der Waals surface area contributed by atoms with E-state index in [1.54, 1.807) is 6.07 Å². The predicted octanol–water partition coefficient (Wildman–Crippen LogP) is 3.25. The van der Waals surface area contributed by atoms with Gasteiger partial charge in [-0.3, -0.25) is 0 Å². The quantitative estimate of drug-likeness (QED) is 0.875. The van der Waals surface area contributed by atoms with Crippen molar-refractivity contribution in [2.24, 2.45) is 5.92 Å². The Morgan fingerprint density at radius 2 is 1.95 bits per heavy atom. The molecule has 1 aromatic rings. The summed E-state index contributed by atoms with van der Waals surface area (Å²) in [6.45, 7) is 5.68. The number of carboxylic acids is 1. The molecule has 0 unspecified atom stereocenters. The summed E-state index contributed by atoms with van der Waals surface area (Å²) >= 11 is 0. The highest BCUT2D eigenvalue weighted by atomic mass is 32.2. The van der Waals surface area contributed by atoms with E-state index in [-0.39, 0.29) is 28.0 Å². The second kappa shape index (κ2) is 5.79. The van der Waals surface area contributed by atoms with Crippen LogP contribution in [0.25, 0.3) is 0 Å². The molecule has 1 saturated carbocycles. The first kappa shape index (κ1) is 16.0. The van der Waals surface area contributed by atoms with E-state index >= 15 is 0 Å². The van der Waals surface area contributed by atoms with Gasteiger partial charge in [0.15, 0.2) is 9.84 Å². The van der Waals surface area contributed by atoms with Crippen LogP contribution < -0.4 is 0 Å². The van der Waals surface area contributed by atoms with Crippen LogP contribution in [0.15, 0.2) is 17.0 Å². The van der Waals surface area contributed by atoms with Crippen LogP contribution in [0.2, 0.25) is 0 Å². The second-order valence-electron chi connectivity index (χ2n) is 6.05. The topological polar surface area (TPSA) is 71.4 Å². The summed E-state index contributed by atoms with van der Waals surface area (Å²) in [7, 11) is -3.43. The lowest BCUT2D eigenvalue weighted by Crippen LogP contribution is -2.17. The lowest BCUT2D eigenvalue weighted by atomic mass is 9.96. The van der Waals surface area contributed by atoms with Crippen molar-refractivity contribution in [3.8, 4) is 0 Å². The number of carboxylic acid groups (broad SMARTS) is 1. The van der Waals surface area contributed by atoms with Gasteiger partial charge in [0.2, 0.25) is 0 Å². The van der Waals surface area contributed by atoms with Crippen LogP contribution in [0, 0.1) is 5.92 Å². The third-order valence-corrected chi connectivity index (χ3v) is 5.97. The number of carbonyl (C=O) groups is 1. The Bertz CT molecular complexity index is 655. The zero-order valence-electron chi connectivity index (χ0n) is 12.7. The highest BCUT2D eigenvalue weighted by Gasteiger charge is 2.33. The molecule has 116 valence electrons. The lowest BCUT2D eigenvalue weighted by molar-refractivity contribution is 0.0695. The zero-order valence-corrected chi connectivity index (χ0v) is 13.5. The Morgan fingerprint density at radius 1 is 1.33 bits per heavy atom. The molecule has 1 aliphatic carbocycles. The second-order valence-corrected chi connectivity index (χ2v) is 8.02. The van der Waals surface area contributed by atoms with Gasteiger partial charge in [-0.25, -0.2) is 13.2 Å². The zero-order chi connectivity index (χ0) is 15.8. The van der Waals surface area contributed by atoms with Gasteiger partial charge in [0, 0.05) is 0 Å². The van der Waals surface area contributed by atoms with Crippen LogP contribution in [-0.4, -0.2) is 25.2 Å². The van der Waals surface area contributed by atoms with Crippen molar-refractivity contribution in [3.63, 3.8) is 0 Å². The maximum atomic E-state index is 12.8. The molecule has 5 heteroatoms. The Kier molecular flexibility index (Phi) is 4.42. The van der Waals surface area contributed by atoms with Crippen LogP contribution in [-0.2, 0) is 16.3 Å². The Morgan fingerprint density at radius 3 is 2.38 bits per heavy atom. The normalized spacial score (nSPS) is 15.4. The number of benzene rings is 1. The van der Waals surface area contributed by atoms with Gasteiger partial charge in [-0.2, -0.15) is 0 Å². The standard InChI is InChI=1S/C16H22O4S/c1-4-12-14(16(17)18)8-7-13(10(2)3)15(12)21(19,20)9-11-5-6-11/h7-8,10-11H,4-6,9H2,1-3H3,(H,17,18). The fourth-order valence-corrected chi connectivity index (χ4v) is 5.11. The van der Waals surface area contributed by atoms with E-state index < -0.39 is 15.8 Å². The number of hydrogen-bond donors (Lipinski definition) is 1. The van der Waals surface area contributed by atoms with Gasteiger partial charge in [0.05, 0.1) is 16.2 Å². The van der Waals surface area contributed by atoms with Gasteiger partial charge >= 0.3 is 5.97 Å². The van der Waals surface area contributed by atoms with Crippen molar-refractivity contribution in [2.45, 2.75) is 50.8 Å². The van der Waals surface area contributed by atoms with Crippen molar-refractivity contribution < 1.29 is 18.3 Å². The average molecular weight is 310 g/mol. The summed E-state index contributed by atoms with van der Waals surface area (Å²) in [5.74, 6) is -0.636. The molecule has 0 amide bonds. The molecule has 0 aromatic heterocycles. The highest BCUT2D eigenvalue weighted by Crippen LogP contribution is 2.36. The molecule has 1 N–H and O–H groups in total. The molecule has 0 bridgehead atoms. The summed E-state index contributed by atoms with van der Waals surface area (Å²) in [5, 5.41) is 9.32. The molecule has 2 rings (SSSR count). The molecule has 0 spiro atoms. The van der Waals surface area contributed by atoms with E-state index in [0.717, 1.165) is 18.4 Å². The van der Waals surface area contributed by atoms with Crippen molar-refractivity contribution in [1.82, 2.24) is 0 Å². The van der Waals surface area contributed by atoms with Crippen molar-refractivity contribution in [2.75, 3.05) is 5.75 Å². The molecular formula is C16H22O4S. The van der Waals surface area contributed by atoms with Gasteiger partial charge in [-0.1, -0.05) is 26.8 Å². The molecule has 0 heterocycles. The first-order valence-corrected chi connectivity index (χ1v) is 9.05. The van der Waals surface area contributed by atoms with Gasteiger partial charge in [-0.05, 0) is 48.3 Å². The summed E-state index contributed by atoms with van der Waals surface area (Å²) in [4.78, 5) is 11.7. The summed E-state index contributed by atoms with van der Waals surface area (Å²) in [6, 6.07) is 3.19.